The van der Waals surface area contributed by atoms with Crippen molar-refractivity contribution in [1.29, 1.82) is 0 Å². The first-order chi connectivity index (χ1) is 10.2. The molecule has 3 unspecified atom stereocenters. The lowest BCUT2D eigenvalue weighted by atomic mass is 9.87. The molecule has 3 atom stereocenters. The second-order valence-electron chi connectivity index (χ2n) is 5.27. The number of aryl methyl sites for hydroxylation is 1. The minimum Gasteiger partial charge on any atom is -0.312 e. The molecule has 2 aromatic carbocycles. The molecule has 0 saturated heterocycles. The molecule has 0 spiro atoms. The Morgan fingerprint density at radius 3 is 2.62 bits per heavy atom. The predicted molar refractivity (Wildman–Crippen MR) is 90.9 cm³/mol. The van der Waals surface area contributed by atoms with Gasteiger partial charge in [-0.3, -0.25) is 4.21 Å². The Kier molecular flexibility index (Phi) is 4.57. The summed E-state index contributed by atoms with van der Waals surface area (Å²) in [5.41, 5.74) is 2.66. The van der Waals surface area contributed by atoms with E-state index in [-0.39, 0.29) is 11.3 Å². The van der Waals surface area contributed by atoms with Crippen LogP contribution in [0.15, 0.2) is 57.9 Å². The molecule has 0 fully saturated rings. The molecule has 1 aliphatic carbocycles. The highest BCUT2D eigenvalue weighted by atomic mass is 79.9. The molecule has 0 radical (unpaired) electrons. The molecule has 1 aliphatic rings. The van der Waals surface area contributed by atoms with Gasteiger partial charge in [0.15, 0.2) is 0 Å². The number of halogens is 1. The van der Waals surface area contributed by atoms with Gasteiger partial charge in [-0.2, -0.15) is 0 Å². The van der Waals surface area contributed by atoms with Crippen LogP contribution in [0.2, 0.25) is 0 Å². The molecule has 0 aromatic heterocycles. The van der Waals surface area contributed by atoms with Gasteiger partial charge in [0.05, 0.1) is 20.9 Å². The standard InChI is InChI=1S/C17H18BrNOS/c1-19-17-13-7-3-2-6-12(13)10-11-16(17)21(20)15-9-5-4-8-14(15)18/h2-9,16-17,19H,10-11H2,1H3. The fourth-order valence-electron chi connectivity index (χ4n) is 3.07. The SMILES string of the molecule is CNC1c2ccccc2CCC1S(=O)c1ccccc1Br. The van der Waals surface area contributed by atoms with Crippen LogP contribution in [-0.4, -0.2) is 16.5 Å². The molecule has 3 rings (SSSR count). The van der Waals surface area contributed by atoms with Crippen LogP contribution in [0.3, 0.4) is 0 Å². The summed E-state index contributed by atoms with van der Waals surface area (Å²) in [6, 6.07) is 16.4. The Balaban J connectivity index is 1.96. The molecule has 0 bridgehead atoms. The normalized spacial score (nSPS) is 22.6. The Bertz CT molecular complexity index is 673. The van der Waals surface area contributed by atoms with E-state index in [1.807, 2.05) is 31.3 Å². The van der Waals surface area contributed by atoms with Gasteiger partial charge in [-0.1, -0.05) is 36.4 Å². The third-order valence-corrected chi connectivity index (χ3v) is 6.90. The van der Waals surface area contributed by atoms with E-state index in [1.165, 1.54) is 11.1 Å². The summed E-state index contributed by atoms with van der Waals surface area (Å²) in [5, 5.41) is 3.47. The Morgan fingerprint density at radius 1 is 1.14 bits per heavy atom. The largest absolute Gasteiger partial charge is 0.312 e. The molecule has 2 nitrogen and oxygen atoms in total. The van der Waals surface area contributed by atoms with Gasteiger partial charge in [0.2, 0.25) is 0 Å². The lowest BCUT2D eigenvalue weighted by Crippen LogP contribution is -2.37. The molecule has 0 amide bonds. The summed E-state index contributed by atoms with van der Waals surface area (Å²) in [5.74, 6) is 0. The molecule has 0 heterocycles. The van der Waals surface area contributed by atoms with Crippen LogP contribution in [0.25, 0.3) is 0 Å². The first-order valence-electron chi connectivity index (χ1n) is 7.12. The van der Waals surface area contributed by atoms with Crippen molar-refractivity contribution in [3.8, 4) is 0 Å². The van der Waals surface area contributed by atoms with Crippen LogP contribution in [0, 0.1) is 0 Å². The summed E-state index contributed by atoms with van der Waals surface area (Å²) in [4.78, 5) is 0.891. The maximum absolute atomic E-state index is 13.0. The van der Waals surface area contributed by atoms with E-state index in [0.717, 1.165) is 22.2 Å². The maximum Gasteiger partial charge on any atom is 0.0593 e. The quantitative estimate of drug-likeness (QED) is 0.897. The van der Waals surface area contributed by atoms with E-state index in [4.69, 9.17) is 0 Å². The van der Waals surface area contributed by atoms with Gasteiger partial charge in [0.1, 0.15) is 0 Å². The highest BCUT2D eigenvalue weighted by molar-refractivity contribution is 9.10. The third-order valence-electron chi connectivity index (χ3n) is 4.10. The number of hydrogen-bond acceptors (Lipinski definition) is 2. The van der Waals surface area contributed by atoms with E-state index < -0.39 is 10.8 Å². The van der Waals surface area contributed by atoms with Crippen LogP contribution in [0.4, 0.5) is 0 Å². The first-order valence-corrected chi connectivity index (χ1v) is 9.13. The average molecular weight is 364 g/mol. The number of rotatable bonds is 3. The molecule has 4 heteroatoms. The van der Waals surface area contributed by atoms with Crippen molar-refractivity contribution in [2.45, 2.75) is 29.0 Å². The van der Waals surface area contributed by atoms with Crippen molar-refractivity contribution in [1.82, 2.24) is 5.32 Å². The lowest BCUT2D eigenvalue weighted by molar-refractivity contribution is 0.497. The van der Waals surface area contributed by atoms with Crippen LogP contribution in [0.1, 0.15) is 23.6 Å². The molecule has 1 N–H and O–H groups in total. The monoisotopic (exact) mass is 363 g/mol. The summed E-state index contributed by atoms with van der Waals surface area (Å²) in [6.07, 6.45) is 1.94. The summed E-state index contributed by atoms with van der Waals surface area (Å²) >= 11 is 3.52. The zero-order valence-corrected chi connectivity index (χ0v) is 14.3. The first kappa shape index (κ1) is 14.9. The van der Waals surface area contributed by atoms with Gasteiger partial charge in [-0.05, 0) is 59.1 Å². The van der Waals surface area contributed by atoms with E-state index in [0.29, 0.717) is 0 Å². The molecule has 110 valence electrons. The second-order valence-corrected chi connectivity index (χ2v) is 7.76. The van der Waals surface area contributed by atoms with E-state index in [1.54, 1.807) is 0 Å². The Labute approximate surface area is 136 Å². The number of fused-ring (bicyclic) bond motifs is 1. The second kappa shape index (κ2) is 6.42. The summed E-state index contributed by atoms with van der Waals surface area (Å²) in [7, 11) is 0.927. The Morgan fingerprint density at radius 2 is 1.86 bits per heavy atom. The van der Waals surface area contributed by atoms with Gasteiger partial charge in [0.25, 0.3) is 0 Å². The van der Waals surface area contributed by atoms with Crippen LogP contribution in [-0.2, 0) is 17.2 Å². The Hall–Kier alpha value is -0.970. The topological polar surface area (TPSA) is 29.1 Å². The van der Waals surface area contributed by atoms with Crippen molar-refractivity contribution >= 4 is 26.7 Å². The summed E-state index contributed by atoms with van der Waals surface area (Å²) < 4.78 is 14.0. The minimum atomic E-state index is -1.03. The molecular formula is C17H18BrNOS. The van der Waals surface area contributed by atoms with Crippen LogP contribution >= 0.6 is 15.9 Å². The average Bonchev–Trinajstić information content (AvgIpc) is 2.53. The molecule has 2 aromatic rings. The third kappa shape index (κ3) is 2.85. The zero-order chi connectivity index (χ0) is 14.8. The predicted octanol–water partition coefficient (Wildman–Crippen LogP) is 3.83. The zero-order valence-electron chi connectivity index (χ0n) is 11.9. The minimum absolute atomic E-state index is 0.101. The fourth-order valence-corrected chi connectivity index (χ4v) is 5.50. The van der Waals surface area contributed by atoms with Crippen molar-refractivity contribution in [3.63, 3.8) is 0 Å². The molecular weight excluding hydrogens is 346 g/mol. The number of hydrogen-bond donors (Lipinski definition) is 1. The highest BCUT2D eigenvalue weighted by Gasteiger charge is 2.33. The van der Waals surface area contributed by atoms with Crippen molar-refractivity contribution in [2.24, 2.45) is 0 Å². The smallest absolute Gasteiger partial charge is 0.0593 e. The van der Waals surface area contributed by atoms with Gasteiger partial charge in [-0.15, -0.1) is 0 Å². The fraction of sp³-hybridized carbons (Fsp3) is 0.294. The van der Waals surface area contributed by atoms with E-state index in [9.17, 15) is 4.21 Å². The lowest BCUT2D eigenvalue weighted by Gasteiger charge is -2.33. The van der Waals surface area contributed by atoms with Crippen molar-refractivity contribution in [3.05, 3.63) is 64.1 Å². The van der Waals surface area contributed by atoms with Crippen LogP contribution < -0.4 is 5.32 Å². The van der Waals surface area contributed by atoms with Gasteiger partial charge >= 0.3 is 0 Å². The van der Waals surface area contributed by atoms with E-state index >= 15 is 0 Å². The van der Waals surface area contributed by atoms with Crippen LogP contribution in [0.5, 0.6) is 0 Å². The van der Waals surface area contributed by atoms with Crippen molar-refractivity contribution in [2.75, 3.05) is 7.05 Å². The number of benzene rings is 2. The molecule has 21 heavy (non-hydrogen) atoms. The van der Waals surface area contributed by atoms with Crippen molar-refractivity contribution < 1.29 is 4.21 Å². The van der Waals surface area contributed by atoms with Gasteiger partial charge < -0.3 is 5.32 Å². The number of nitrogens with one attached hydrogen (secondary N) is 1. The highest BCUT2D eigenvalue weighted by Crippen LogP contribution is 2.36. The molecule has 0 saturated carbocycles. The summed E-state index contributed by atoms with van der Waals surface area (Å²) in [6.45, 7) is 0. The molecule has 0 aliphatic heterocycles. The van der Waals surface area contributed by atoms with Gasteiger partial charge in [0, 0.05) is 10.5 Å². The maximum atomic E-state index is 13.0. The van der Waals surface area contributed by atoms with Gasteiger partial charge in [-0.25, -0.2) is 0 Å². The van der Waals surface area contributed by atoms with E-state index in [2.05, 4.69) is 45.5 Å².